The fourth-order valence-electron chi connectivity index (χ4n) is 2.95. The third-order valence-electron chi connectivity index (χ3n) is 4.01. The van der Waals surface area contributed by atoms with Gasteiger partial charge in [0.2, 0.25) is 0 Å². The second kappa shape index (κ2) is 6.38. The number of ether oxygens (including phenoxy) is 1. The number of carboxylic acids is 1. The van der Waals surface area contributed by atoms with E-state index in [0.29, 0.717) is 32.7 Å². The number of methoxy groups -OCH3 is 1. The molecule has 2 saturated heterocycles. The molecule has 0 aromatic carbocycles. The average Bonchev–Trinajstić information content (AvgIpc) is 2.88. The topological polar surface area (TPSA) is 87.2 Å². The van der Waals surface area contributed by atoms with Crippen LogP contribution in [0.3, 0.4) is 0 Å². The van der Waals surface area contributed by atoms with Crippen molar-refractivity contribution in [1.82, 2.24) is 8.61 Å². The summed E-state index contributed by atoms with van der Waals surface area (Å²) in [6.45, 7) is 1.69. The zero-order valence-electron chi connectivity index (χ0n) is 11.7. The van der Waals surface area contributed by atoms with Gasteiger partial charge in [-0.05, 0) is 31.6 Å². The second-order valence-electron chi connectivity index (χ2n) is 5.44. The van der Waals surface area contributed by atoms with Crippen molar-refractivity contribution >= 4 is 16.2 Å². The fraction of sp³-hybridized carbons (Fsp3) is 0.917. The second-order valence-corrected chi connectivity index (χ2v) is 7.32. The first kappa shape index (κ1) is 15.7. The molecule has 0 aromatic rings. The predicted molar refractivity (Wildman–Crippen MR) is 72.5 cm³/mol. The van der Waals surface area contributed by atoms with Crippen molar-refractivity contribution in [3.8, 4) is 0 Å². The van der Waals surface area contributed by atoms with Gasteiger partial charge in [0.05, 0.1) is 6.61 Å². The minimum absolute atomic E-state index is 0.197. The Morgan fingerprint density at radius 1 is 1.30 bits per heavy atom. The molecule has 0 aromatic heterocycles. The van der Waals surface area contributed by atoms with Crippen LogP contribution in [0.4, 0.5) is 0 Å². The molecule has 20 heavy (non-hydrogen) atoms. The molecule has 2 rings (SSSR count). The van der Waals surface area contributed by atoms with Crippen LogP contribution in [-0.2, 0) is 19.7 Å². The van der Waals surface area contributed by atoms with Gasteiger partial charge in [0.1, 0.15) is 6.04 Å². The van der Waals surface area contributed by atoms with Gasteiger partial charge in [0.25, 0.3) is 10.2 Å². The van der Waals surface area contributed by atoms with Crippen molar-refractivity contribution in [3.05, 3.63) is 0 Å². The predicted octanol–water partition coefficient (Wildman–Crippen LogP) is 0.139. The molecule has 7 nitrogen and oxygen atoms in total. The van der Waals surface area contributed by atoms with Gasteiger partial charge in [-0.1, -0.05) is 0 Å². The molecule has 116 valence electrons. The van der Waals surface area contributed by atoms with Crippen LogP contribution in [0.15, 0.2) is 0 Å². The summed E-state index contributed by atoms with van der Waals surface area (Å²) < 4.78 is 32.8. The highest BCUT2D eigenvalue weighted by molar-refractivity contribution is 7.86. The summed E-state index contributed by atoms with van der Waals surface area (Å²) >= 11 is 0. The quantitative estimate of drug-likeness (QED) is 0.780. The Bertz CT molecular complexity index is 453. The number of carboxylic acid groups (broad SMARTS) is 1. The normalized spacial score (nSPS) is 29.6. The molecule has 0 amide bonds. The fourth-order valence-corrected chi connectivity index (χ4v) is 4.86. The lowest BCUT2D eigenvalue weighted by Crippen LogP contribution is -2.52. The molecule has 2 atom stereocenters. The molecule has 0 aliphatic carbocycles. The Hall–Kier alpha value is -0.700. The molecule has 0 saturated carbocycles. The van der Waals surface area contributed by atoms with Crippen LogP contribution in [0.25, 0.3) is 0 Å². The van der Waals surface area contributed by atoms with Crippen molar-refractivity contribution < 1.29 is 23.1 Å². The molecule has 2 aliphatic rings. The number of aliphatic carboxylic acids is 1. The van der Waals surface area contributed by atoms with Crippen molar-refractivity contribution in [2.24, 2.45) is 5.92 Å². The molecule has 2 aliphatic heterocycles. The summed E-state index contributed by atoms with van der Waals surface area (Å²) in [5.74, 6) is -0.858. The third-order valence-corrected chi connectivity index (χ3v) is 6.03. The molecule has 2 fully saturated rings. The van der Waals surface area contributed by atoms with Gasteiger partial charge in [0.15, 0.2) is 0 Å². The van der Waals surface area contributed by atoms with Gasteiger partial charge >= 0.3 is 5.97 Å². The molecule has 2 unspecified atom stereocenters. The summed E-state index contributed by atoms with van der Waals surface area (Å²) in [6, 6.07) is -0.921. The summed E-state index contributed by atoms with van der Waals surface area (Å²) in [5, 5.41) is 9.21. The first-order valence-electron chi connectivity index (χ1n) is 6.95. The lowest BCUT2D eigenvalue weighted by molar-refractivity contribution is -0.142. The number of rotatable bonds is 5. The number of nitrogens with zero attached hydrogens (tertiary/aromatic N) is 2. The molecule has 0 bridgehead atoms. The van der Waals surface area contributed by atoms with Gasteiger partial charge in [-0.15, -0.1) is 0 Å². The van der Waals surface area contributed by atoms with E-state index in [1.807, 2.05) is 0 Å². The monoisotopic (exact) mass is 306 g/mol. The van der Waals surface area contributed by atoms with E-state index in [1.165, 1.54) is 4.31 Å². The van der Waals surface area contributed by atoms with Crippen molar-refractivity contribution in [2.75, 3.05) is 33.4 Å². The van der Waals surface area contributed by atoms with Crippen LogP contribution >= 0.6 is 0 Å². The summed E-state index contributed by atoms with van der Waals surface area (Å²) in [5.41, 5.74) is 0. The number of hydrogen-bond donors (Lipinski definition) is 1. The van der Waals surface area contributed by atoms with Crippen LogP contribution in [0.2, 0.25) is 0 Å². The number of carbonyl (C=O) groups is 1. The molecule has 0 radical (unpaired) electrons. The van der Waals surface area contributed by atoms with Crippen LogP contribution in [0.5, 0.6) is 0 Å². The van der Waals surface area contributed by atoms with E-state index >= 15 is 0 Å². The highest BCUT2D eigenvalue weighted by Crippen LogP contribution is 2.27. The van der Waals surface area contributed by atoms with E-state index in [2.05, 4.69) is 0 Å². The Kier molecular flexibility index (Phi) is 5.00. The largest absolute Gasteiger partial charge is 0.480 e. The van der Waals surface area contributed by atoms with E-state index in [-0.39, 0.29) is 5.92 Å². The molecule has 1 N–H and O–H groups in total. The lowest BCUT2D eigenvalue weighted by atomic mass is 10.1. The Balaban J connectivity index is 2.11. The zero-order chi connectivity index (χ0) is 14.8. The maximum absolute atomic E-state index is 12.6. The molecule has 2 heterocycles. The van der Waals surface area contributed by atoms with Crippen molar-refractivity contribution in [3.63, 3.8) is 0 Å². The van der Waals surface area contributed by atoms with Crippen LogP contribution in [0.1, 0.15) is 25.7 Å². The number of piperidine rings is 1. The smallest absolute Gasteiger partial charge is 0.322 e. The third kappa shape index (κ3) is 3.13. The van der Waals surface area contributed by atoms with E-state index in [1.54, 1.807) is 7.11 Å². The summed E-state index contributed by atoms with van der Waals surface area (Å²) in [7, 11) is -2.08. The van der Waals surface area contributed by atoms with Crippen LogP contribution in [0, 0.1) is 5.92 Å². The van der Waals surface area contributed by atoms with Gasteiger partial charge < -0.3 is 9.84 Å². The van der Waals surface area contributed by atoms with E-state index in [4.69, 9.17) is 4.74 Å². The highest BCUT2D eigenvalue weighted by Gasteiger charge is 2.42. The lowest BCUT2D eigenvalue weighted by Gasteiger charge is -2.34. The summed E-state index contributed by atoms with van der Waals surface area (Å²) in [4.78, 5) is 11.2. The maximum Gasteiger partial charge on any atom is 0.322 e. The molecular weight excluding hydrogens is 284 g/mol. The summed E-state index contributed by atoms with van der Waals surface area (Å²) in [6.07, 6.45) is 2.64. The van der Waals surface area contributed by atoms with Crippen molar-refractivity contribution in [1.29, 1.82) is 0 Å². The van der Waals surface area contributed by atoms with Crippen LogP contribution in [-0.4, -0.2) is 67.5 Å². The minimum Gasteiger partial charge on any atom is -0.480 e. The molecule has 0 spiro atoms. The Morgan fingerprint density at radius 3 is 2.70 bits per heavy atom. The molecule has 8 heteroatoms. The van der Waals surface area contributed by atoms with E-state index in [9.17, 15) is 18.3 Å². The number of hydrogen-bond acceptors (Lipinski definition) is 4. The average molecular weight is 306 g/mol. The first-order chi connectivity index (χ1) is 9.46. The molecular formula is C12H22N2O5S. The van der Waals surface area contributed by atoms with E-state index in [0.717, 1.165) is 23.6 Å². The van der Waals surface area contributed by atoms with Gasteiger partial charge in [-0.3, -0.25) is 4.79 Å². The van der Waals surface area contributed by atoms with Gasteiger partial charge in [-0.25, -0.2) is 0 Å². The Labute approximate surface area is 119 Å². The standard InChI is InChI=1S/C12H22N2O5S/c1-19-9-10-5-7-13(8-10)20(17,18)14-6-3-2-4-11(14)12(15)16/h10-11H,2-9H2,1H3,(H,15,16). The Morgan fingerprint density at radius 2 is 2.05 bits per heavy atom. The van der Waals surface area contributed by atoms with Gasteiger partial charge in [-0.2, -0.15) is 17.0 Å². The van der Waals surface area contributed by atoms with Crippen LogP contribution < -0.4 is 0 Å². The maximum atomic E-state index is 12.6. The first-order valence-corrected chi connectivity index (χ1v) is 8.35. The SMILES string of the molecule is COCC1CCN(S(=O)(=O)N2CCCCC2C(=O)O)C1. The van der Waals surface area contributed by atoms with E-state index < -0.39 is 22.2 Å². The zero-order valence-corrected chi connectivity index (χ0v) is 12.5. The van der Waals surface area contributed by atoms with Crippen molar-refractivity contribution in [2.45, 2.75) is 31.7 Å². The minimum atomic E-state index is -3.68. The van der Waals surface area contributed by atoms with Gasteiger partial charge in [0, 0.05) is 26.7 Å². The highest BCUT2D eigenvalue weighted by atomic mass is 32.2.